The van der Waals surface area contributed by atoms with Crippen LogP contribution in [0.1, 0.15) is 18.4 Å². The van der Waals surface area contributed by atoms with Crippen molar-refractivity contribution in [2.75, 3.05) is 31.7 Å². The molecular weight excluding hydrogens is 334 g/mol. The zero-order chi connectivity index (χ0) is 15.2. The molecule has 0 radical (unpaired) electrons. The first-order valence-electron chi connectivity index (χ1n) is 7.05. The average Bonchev–Trinajstić information content (AvgIpc) is 2.46. The summed E-state index contributed by atoms with van der Waals surface area (Å²) in [5.41, 5.74) is 1.95. The summed E-state index contributed by atoms with van der Waals surface area (Å²) in [6.07, 6.45) is 4.98. The fraction of sp³-hybridized carbons (Fsp3) is 0.438. The maximum absolute atomic E-state index is 10.7. The predicted octanol–water partition coefficient (Wildman–Crippen LogP) is 3.41. The van der Waals surface area contributed by atoms with Gasteiger partial charge in [-0.1, -0.05) is 15.9 Å². The monoisotopic (exact) mass is 353 g/mol. The summed E-state index contributed by atoms with van der Waals surface area (Å²) in [4.78, 5) is 12.9. The van der Waals surface area contributed by atoms with Crippen molar-refractivity contribution in [3.05, 3.63) is 34.3 Å². The summed E-state index contributed by atoms with van der Waals surface area (Å²) in [7, 11) is 2.05. The number of carboxylic acid groups (broad SMARTS) is 1. The van der Waals surface area contributed by atoms with Gasteiger partial charge in [0.2, 0.25) is 0 Å². The number of nitrogens with zero attached hydrogens (tertiary/aromatic N) is 1. The van der Waals surface area contributed by atoms with Gasteiger partial charge in [0, 0.05) is 43.0 Å². The number of halogens is 1. The number of hydrogen-bond acceptors (Lipinski definition) is 3. The van der Waals surface area contributed by atoms with E-state index in [1.54, 1.807) is 6.08 Å². The van der Waals surface area contributed by atoms with Gasteiger partial charge in [0.1, 0.15) is 0 Å². The first kappa shape index (κ1) is 16.0. The molecule has 21 heavy (non-hydrogen) atoms. The van der Waals surface area contributed by atoms with Crippen LogP contribution >= 0.6 is 15.9 Å². The number of rotatable bonds is 5. The van der Waals surface area contributed by atoms with Gasteiger partial charge >= 0.3 is 5.97 Å². The maximum atomic E-state index is 10.7. The third kappa shape index (κ3) is 4.86. The van der Waals surface area contributed by atoms with Crippen molar-refractivity contribution < 1.29 is 14.6 Å². The number of carboxylic acids is 1. The molecule has 2 rings (SSSR count). The highest BCUT2D eigenvalue weighted by Crippen LogP contribution is 2.27. The number of aliphatic carboxylic acids is 1. The molecule has 0 atom stereocenters. The van der Waals surface area contributed by atoms with E-state index in [0.29, 0.717) is 5.92 Å². The Balaban J connectivity index is 2.14. The van der Waals surface area contributed by atoms with Crippen LogP contribution in [0.25, 0.3) is 6.08 Å². The van der Waals surface area contributed by atoms with E-state index in [-0.39, 0.29) is 0 Å². The maximum Gasteiger partial charge on any atom is 0.328 e. The minimum atomic E-state index is -0.937. The summed E-state index contributed by atoms with van der Waals surface area (Å²) in [6.45, 7) is 2.63. The summed E-state index contributed by atoms with van der Waals surface area (Å²) >= 11 is 3.43. The van der Waals surface area contributed by atoms with E-state index in [4.69, 9.17) is 9.84 Å². The molecule has 0 unspecified atom stereocenters. The zero-order valence-electron chi connectivity index (χ0n) is 12.1. The lowest BCUT2D eigenvalue weighted by atomic mass is 9.99. The largest absolute Gasteiger partial charge is 0.478 e. The molecule has 0 aromatic heterocycles. The van der Waals surface area contributed by atoms with Crippen LogP contribution in [-0.2, 0) is 9.53 Å². The molecule has 5 heteroatoms. The van der Waals surface area contributed by atoms with Gasteiger partial charge in [0.25, 0.3) is 0 Å². The van der Waals surface area contributed by atoms with Gasteiger partial charge in [0.05, 0.1) is 0 Å². The summed E-state index contributed by atoms with van der Waals surface area (Å²) in [6, 6.07) is 5.94. The standard InChI is InChI=1S/C16H20BrNO3/c1-18(11-12-6-8-21-9-7-12)15-4-3-14(17)10-13(15)2-5-16(19)20/h2-5,10,12H,6-9,11H2,1H3,(H,19,20)/b5-2+. The van der Waals surface area contributed by atoms with Crippen LogP contribution in [0.3, 0.4) is 0 Å². The van der Waals surface area contributed by atoms with Crippen LogP contribution < -0.4 is 4.90 Å². The molecule has 0 amide bonds. The van der Waals surface area contributed by atoms with E-state index < -0.39 is 5.97 Å². The highest BCUT2D eigenvalue weighted by Gasteiger charge is 2.17. The van der Waals surface area contributed by atoms with Gasteiger partial charge in [-0.05, 0) is 48.6 Å². The number of hydrogen-bond donors (Lipinski definition) is 1. The van der Waals surface area contributed by atoms with Crippen LogP contribution in [0, 0.1) is 5.92 Å². The van der Waals surface area contributed by atoms with Gasteiger partial charge in [-0.3, -0.25) is 0 Å². The molecule has 1 heterocycles. The highest BCUT2D eigenvalue weighted by molar-refractivity contribution is 9.10. The van der Waals surface area contributed by atoms with Crippen molar-refractivity contribution in [1.82, 2.24) is 0 Å². The molecule has 1 aromatic carbocycles. The lowest BCUT2D eigenvalue weighted by Crippen LogP contribution is -2.29. The van der Waals surface area contributed by atoms with Crippen LogP contribution in [0.5, 0.6) is 0 Å². The molecule has 4 nitrogen and oxygen atoms in total. The predicted molar refractivity (Wildman–Crippen MR) is 87.6 cm³/mol. The Morgan fingerprint density at radius 2 is 2.19 bits per heavy atom. The fourth-order valence-corrected chi connectivity index (χ4v) is 2.96. The van der Waals surface area contributed by atoms with E-state index in [1.165, 1.54) is 6.08 Å². The van der Waals surface area contributed by atoms with E-state index in [9.17, 15) is 4.79 Å². The molecule has 0 bridgehead atoms. The molecule has 1 N–H and O–H groups in total. The van der Waals surface area contributed by atoms with Gasteiger partial charge in [0.15, 0.2) is 0 Å². The third-order valence-corrected chi connectivity index (χ3v) is 4.17. The first-order valence-corrected chi connectivity index (χ1v) is 7.85. The molecule has 1 fully saturated rings. The molecule has 1 aromatic rings. The van der Waals surface area contributed by atoms with Crippen LogP contribution in [0.4, 0.5) is 5.69 Å². The number of ether oxygens (including phenoxy) is 1. The summed E-state index contributed by atoms with van der Waals surface area (Å²) < 4.78 is 6.33. The topological polar surface area (TPSA) is 49.8 Å². The Hall–Kier alpha value is -1.33. The van der Waals surface area contributed by atoms with Crippen molar-refractivity contribution in [3.8, 4) is 0 Å². The smallest absolute Gasteiger partial charge is 0.328 e. The summed E-state index contributed by atoms with van der Waals surface area (Å²) in [5, 5.41) is 8.81. The molecule has 0 saturated carbocycles. The minimum absolute atomic E-state index is 0.628. The van der Waals surface area contributed by atoms with E-state index in [2.05, 4.69) is 27.9 Å². The van der Waals surface area contributed by atoms with Crippen molar-refractivity contribution in [2.24, 2.45) is 5.92 Å². The average molecular weight is 354 g/mol. The Labute approximate surface area is 133 Å². The Morgan fingerprint density at radius 1 is 1.48 bits per heavy atom. The van der Waals surface area contributed by atoms with E-state index in [1.807, 2.05) is 18.2 Å². The number of anilines is 1. The lowest BCUT2D eigenvalue weighted by Gasteiger charge is -2.29. The molecule has 1 saturated heterocycles. The number of benzene rings is 1. The molecule has 0 spiro atoms. The van der Waals surface area contributed by atoms with Crippen LogP contribution in [-0.4, -0.2) is 37.9 Å². The molecule has 1 aliphatic rings. The van der Waals surface area contributed by atoms with E-state index in [0.717, 1.165) is 48.3 Å². The van der Waals surface area contributed by atoms with Gasteiger partial charge in [-0.15, -0.1) is 0 Å². The van der Waals surface area contributed by atoms with Crippen molar-refractivity contribution in [2.45, 2.75) is 12.8 Å². The second kappa shape index (κ2) is 7.61. The third-order valence-electron chi connectivity index (χ3n) is 3.68. The lowest BCUT2D eigenvalue weighted by molar-refractivity contribution is -0.131. The van der Waals surface area contributed by atoms with Gasteiger partial charge in [-0.25, -0.2) is 4.79 Å². The van der Waals surface area contributed by atoms with E-state index >= 15 is 0 Å². The molecule has 1 aliphatic heterocycles. The van der Waals surface area contributed by atoms with Crippen molar-refractivity contribution in [3.63, 3.8) is 0 Å². The minimum Gasteiger partial charge on any atom is -0.478 e. The first-order chi connectivity index (χ1) is 10.1. The Morgan fingerprint density at radius 3 is 2.86 bits per heavy atom. The molecular formula is C16H20BrNO3. The van der Waals surface area contributed by atoms with Gasteiger partial charge in [-0.2, -0.15) is 0 Å². The number of carbonyl (C=O) groups is 1. The second-order valence-electron chi connectivity index (χ2n) is 5.31. The van der Waals surface area contributed by atoms with Crippen molar-refractivity contribution >= 4 is 33.7 Å². The van der Waals surface area contributed by atoms with Gasteiger partial charge < -0.3 is 14.7 Å². The quantitative estimate of drug-likeness (QED) is 0.824. The Bertz CT molecular complexity index is 524. The van der Waals surface area contributed by atoms with Crippen molar-refractivity contribution in [1.29, 1.82) is 0 Å². The van der Waals surface area contributed by atoms with Crippen LogP contribution in [0.2, 0.25) is 0 Å². The zero-order valence-corrected chi connectivity index (χ0v) is 13.7. The SMILES string of the molecule is CN(CC1CCOCC1)c1ccc(Br)cc1/C=C/C(=O)O. The fourth-order valence-electron chi connectivity index (χ4n) is 2.58. The summed E-state index contributed by atoms with van der Waals surface area (Å²) in [5.74, 6) is -0.309. The molecule has 114 valence electrons. The molecule has 0 aliphatic carbocycles. The second-order valence-corrected chi connectivity index (χ2v) is 6.23. The highest BCUT2D eigenvalue weighted by atomic mass is 79.9. The normalized spacial score (nSPS) is 16.3. The Kier molecular flexibility index (Phi) is 5.82. The van der Waals surface area contributed by atoms with Crippen LogP contribution in [0.15, 0.2) is 28.7 Å².